The van der Waals surface area contributed by atoms with E-state index in [2.05, 4.69) is 30.7 Å². The molecule has 1 aliphatic rings. The van der Waals surface area contributed by atoms with Crippen LogP contribution in [-0.2, 0) is 15.8 Å². The Hall–Kier alpha value is -4.35. The van der Waals surface area contributed by atoms with Gasteiger partial charge in [0.2, 0.25) is 5.95 Å². The first-order valence-corrected chi connectivity index (χ1v) is 12.5. The van der Waals surface area contributed by atoms with Gasteiger partial charge in [-0.3, -0.25) is 0 Å². The molecule has 0 saturated heterocycles. The third-order valence-electron chi connectivity index (χ3n) is 6.63. The summed E-state index contributed by atoms with van der Waals surface area (Å²) in [4.78, 5) is 25.8. The second kappa shape index (κ2) is 10.1. The number of rotatable bonds is 9. The van der Waals surface area contributed by atoms with E-state index in [4.69, 9.17) is 9.26 Å². The van der Waals surface area contributed by atoms with Gasteiger partial charge in [-0.25, -0.2) is 9.78 Å². The van der Waals surface area contributed by atoms with Gasteiger partial charge in [-0.05, 0) is 37.6 Å². The second-order valence-electron chi connectivity index (χ2n) is 10.5. The van der Waals surface area contributed by atoms with E-state index in [0.29, 0.717) is 28.5 Å². The summed E-state index contributed by atoms with van der Waals surface area (Å²) in [6.45, 7) is 6.92. The topological polar surface area (TPSA) is 156 Å². The number of fused-ring (bicyclic) bond motifs is 1. The van der Waals surface area contributed by atoms with E-state index in [1.807, 2.05) is 50.2 Å². The van der Waals surface area contributed by atoms with E-state index in [-0.39, 0.29) is 31.0 Å². The van der Waals surface area contributed by atoms with Gasteiger partial charge in [0.15, 0.2) is 5.82 Å². The number of carbonyl (C=O) groups excluding carboxylic acids is 1. The van der Waals surface area contributed by atoms with Gasteiger partial charge in [0.1, 0.15) is 17.0 Å². The standard InChI is InChI=1S/C28H30N6O5/c1-27(2,15-36)25-33-23(39-34-25)19-13-29-26(32-22(19)31-21(14-35)16-8-6-5-7-9-16)30-17-10-11-18-20(12-17)28(3,4)38-24(18)37/h5-13,21,35-36H,14-15H2,1-4H3,(H2,29,30,31,32). The summed E-state index contributed by atoms with van der Waals surface area (Å²) in [6.07, 6.45) is 1.55. The van der Waals surface area contributed by atoms with Crippen LogP contribution >= 0.6 is 0 Å². The maximum atomic E-state index is 12.2. The molecular formula is C28H30N6O5. The van der Waals surface area contributed by atoms with Crippen molar-refractivity contribution in [2.24, 2.45) is 0 Å². The lowest BCUT2D eigenvalue weighted by Gasteiger charge is -2.20. The number of hydrogen-bond acceptors (Lipinski definition) is 11. The smallest absolute Gasteiger partial charge is 0.339 e. The third-order valence-corrected chi connectivity index (χ3v) is 6.63. The van der Waals surface area contributed by atoms with Crippen molar-refractivity contribution in [3.63, 3.8) is 0 Å². The fourth-order valence-corrected chi connectivity index (χ4v) is 4.24. The Bertz CT molecular complexity index is 1500. The molecule has 4 N–H and O–H groups in total. The molecule has 0 saturated carbocycles. The van der Waals surface area contributed by atoms with Crippen molar-refractivity contribution in [3.8, 4) is 11.5 Å². The average molecular weight is 531 g/mol. The first-order chi connectivity index (χ1) is 18.6. The van der Waals surface area contributed by atoms with Crippen LogP contribution in [0.2, 0.25) is 0 Å². The number of esters is 1. The van der Waals surface area contributed by atoms with Crippen LogP contribution in [0.15, 0.2) is 59.3 Å². The third kappa shape index (κ3) is 5.18. The molecule has 1 atom stereocenters. The number of nitrogens with one attached hydrogen (secondary N) is 2. The molecule has 2 aromatic heterocycles. The minimum atomic E-state index is -0.746. The van der Waals surface area contributed by atoms with Crippen LogP contribution in [0, 0.1) is 0 Å². The number of cyclic esters (lactones) is 1. The summed E-state index contributed by atoms with van der Waals surface area (Å²) in [5.41, 5.74) is 1.79. The van der Waals surface area contributed by atoms with Crippen LogP contribution in [0.3, 0.4) is 0 Å². The zero-order chi connectivity index (χ0) is 27.8. The van der Waals surface area contributed by atoms with Crippen molar-refractivity contribution in [1.29, 1.82) is 0 Å². The highest BCUT2D eigenvalue weighted by atomic mass is 16.6. The lowest BCUT2D eigenvalue weighted by Crippen LogP contribution is -2.23. The number of ether oxygens (including phenoxy) is 1. The Morgan fingerprint density at radius 3 is 2.54 bits per heavy atom. The van der Waals surface area contributed by atoms with Gasteiger partial charge in [-0.2, -0.15) is 9.97 Å². The first kappa shape index (κ1) is 26.3. The largest absolute Gasteiger partial charge is 0.451 e. The maximum absolute atomic E-state index is 12.2. The molecule has 4 aromatic rings. The monoisotopic (exact) mass is 530 g/mol. The van der Waals surface area contributed by atoms with Crippen LogP contribution in [0.5, 0.6) is 0 Å². The minimum Gasteiger partial charge on any atom is -0.451 e. The molecule has 11 heteroatoms. The van der Waals surface area contributed by atoms with Gasteiger partial charge >= 0.3 is 5.97 Å². The summed E-state index contributed by atoms with van der Waals surface area (Å²) in [6, 6.07) is 14.3. The van der Waals surface area contributed by atoms with Crippen molar-refractivity contribution in [3.05, 3.63) is 77.2 Å². The molecule has 1 aliphatic heterocycles. The van der Waals surface area contributed by atoms with E-state index < -0.39 is 17.1 Å². The second-order valence-corrected chi connectivity index (χ2v) is 10.5. The predicted octanol–water partition coefficient (Wildman–Crippen LogP) is 4.09. The highest BCUT2D eigenvalue weighted by Crippen LogP contribution is 2.38. The van der Waals surface area contributed by atoms with Crippen molar-refractivity contribution in [2.45, 2.75) is 44.8 Å². The number of aromatic nitrogens is 4. The summed E-state index contributed by atoms with van der Waals surface area (Å²) in [7, 11) is 0. The number of aliphatic hydroxyl groups is 2. The Morgan fingerprint density at radius 2 is 1.82 bits per heavy atom. The van der Waals surface area contributed by atoms with Gasteiger partial charge in [-0.1, -0.05) is 49.3 Å². The number of carbonyl (C=O) groups is 1. The van der Waals surface area contributed by atoms with E-state index in [0.717, 1.165) is 11.1 Å². The van der Waals surface area contributed by atoms with Gasteiger partial charge in [0.25, 0.3) is 5.89 Å². The normalized spacial score (nSPS) is 15.0. The molecular weight excluding hydrogens is 500 g/mol. The molecule has 39 heavy (non-hydrogen) atoms. The van der Waals surface area contributed by atoms with Crippen molar-refractivity contribution >= 4 is 23.4 Å². The van der Waals surface area contributed by atoms with E-state index >= 15 is 0 Å². The molecule has 202 valence electrons. The molecule has 0 amide bonds. The van der Waals surface area contributed by atoms with Gasteiger partial charge in [-0.15, -0.1) is 0 Å². The summed E-state index contributed by atoms with van der Waals surface area (Å²) in [5, 5.41) is 30.4. The van der Waals surface area contributed by atoms with Gasteiger partial charge in [0.05, 0.1) is 30.2 Å². The number of nitrogens with zero attached hydrogens (tertiary/aromatic N) is 4. The predicted molar refractivity (Wildman–Crippen MR) is 143 cm³/mol. The van der Waals surface area contributed by atoms with E-state index in [1.54, 1.807) is 32.2 Å². The van der Waals surface area contributed by atoms with E-state index in [1.165, 1.54) is 0 Å². The van der Waals surface area contributed by atoms with Crippen molar-refractivity contribution in [2.75, 3.05) is 23.8 Å². The molecule has 0 spiro atoms. The lowest BCUT2D eigenvalue weighted by molar-refractivity contribution is 0.00954. The molecule has 0 bridgehead atoms. The SMILES string of the molecule is CC(C)(CO)c1noc(-c2cnc(Nc3ccc4c(c3)C(C)(C)OC4=O)nc2NC(CO)c2ccccc2)n1. The maximum Gasteiger partial charge on any atom is 0.339 e. The Labute approximate surface area is 225 Å². The summed E-state index contributed by atoms with van der Waals surface area (Å²) in [5.74, 6) is 0.775. The molecule has 1 unspecified atom stereocenters. The lowest BCUT2D eigenvalue weighted by atomic mass is 9.94. The molecule has 2 aromatic carbocycles. The molecule has 0 fully saturated rings. The summed E-state index contributed by atoms with van der Waals surface area (Å²) < 4.78 is 11.0. The van der Waals surface area contributed by atoms with Crippen LogP contribution in [-0.4, -0.2) is 49.5 Å². The number of benzene rings is 2. The van der Waals surface area contributed by atoms with Crippen LogP contribution in [0.25, 0.3) is 11.5 Å². The quantitative estimate of drug-likeness (QED) is 0.231. The molecule has 0 radical (unpaired) electrons. The van der Waals surface area contributed by atoms with Crippen LogP contribution < -0.4 is 10.6 Å². The van der Waals surface area contributed by atoms with Crippen LogP contribution in [0.1, 0.15) is 61.0 Å². The Balaban J connectivity index is 1.52. The average Bonchev–Trinajstić information content (AvgIpc) is 3.51. The van der Waals surface area contributed by atoms with Gasteiger partial charge in [0, 0.05) is 17.4 Å². The molecule has 11 nitrogen and oxygen atoms in total. The molecule has 5 rings (SSSR count). The Kier molecular flexibility index (Phi) is 6.79. The van der Waals surface area contributed by atoms with E-state index in [9.17, 15) is 15.0 Å². The first-order valence-electron chi connectivity index (χ1n) is 12.5. The fraction of sp³-hybridized carbons (Fsp3) is 0.321. The highest BCUT2D eigenvalue weighted by molar-refractivity contribution is 5.95. The molecule has 0 aliphatic carbocycles. The number of anilines is 3. The van der Waals surface area contributed by atoms with Gasteiger partial charge < -0.3 is 30.1 Å². The summed E-state index contributed by atoms with van der Waals surface area (Å²) >= 11 is 0. The zero-order valence-electron chi connectivity index (χ0n) is 22.1. The highest BCUT2D eigenvalue weighted by Gasteiger charge is 2.37. The van der Waals surface area contributed by atoms with Crippen LogP contribution in [0.4, 0.5) is 17.5 Å². The molecule has 3 heterocycles. The fourth-order valence-electron chi connectivity index (χ4n) is 4.24. The zero-order valence-corrected chi connectivity index (χ0v) is 22.1. The van der Waals surface area contributed by atoms with Crippen molar-refractivity contribution in [1.82, 2.24) is 20.1 Å². The number of hydrogen-bond donors (Lipinski definition) is 4. The Morgan fingerprint density at radius 1 is 1.05 bits per heavy atom. The number of aliphatic hydroxyl groups excluding tert-OH is 2. The minimum absolute atomic E-state index is 0.161. The van der Waals surface area contributed by atoms with Crippen molar-refractivity contribution < 1.29 is 24.3 Å².